The first-order chi connectivity index (χ1) is 11.3. The molecule has 0 bridgehead atoms. The molecule has 0 fully saturated rings. The van der Waals surface area contributed by atoms with Crippen LogP contribution in [-0.2, 0) is 0 Å². The summed E-state index contributed by atoms with van der Waals surface area (Å²) in [6, 6.07) is 0. The third kappa shape index (κ3) is 18.1. The van der Waals surface area contributed by atoms with Crippen molar-refractivity contribution in [3.05, 3.63) is 0 Å². The quantitative estimate of drug-likeness (QED) is 0.276. The van der Waals surface area contributed by atoms with Crippen molar-refractivity contribution in [3.63, 3.8) is 0 Å². The molecule has 2 heteroatoms. The summed E-state index contributed by atoms with van der Waals surface area (Å²) in [5, 5.41) is 18.2. The van der Waals surface area contributed by atoms with Crippen LogP contribution in [0.4, 0.5) is 0 Å². The monoisotopic (exact) mass is 328 g/mol. The summed E-state index contributed by atoms with van der Waals surface area (Å²) in [6.07, 6.45) is 22.1. The van der Waals surface area contributed by atoms with Crippen LogP contribution < -0.4 is 0 Å². The van der Waals surface area contributed by atoms with Crippen molar-refractivity contribution < 1.29 is 10.2 Å². The van der Waals surface area contributed by atoms with Crippen LogP contribution in [0.25, 0.3) is 0 Å². The van der Waals surface area contributed by atoms with Gasteiger partial charge in [-0.15, -0.1) is 0 Å². The topological polar surface area (TPSA) is 40.5 Å². The summed E-state index contributed by atoms with van der Waals surface area (Å²) in [5.41, 5.74) is 0. The van der Waals surface area contributed by atoms with Crippen LogP contribution in [0.5, 0.6) is 0 Å². The molecule has 0 aromatic carbocycles. The van der Waals surface area contributed by atoms with E-state index in [0.29, 0.717) is 19.1 Å². The lowest BCUT2D eigenvalue weighted by atomic mass is 9.95. The zero-order valence-corrected chi connectivity index (χ0v) is 15.9. The molecule has 0 saturated carbocycles. The number of hydrogen-bond donors (Lipinski definition) is 2. The first-order valence-electron chi connectivity index (χ1n) is 10.6. The first-order valence-corrected chi connectivity index (χ1v) is 10.6. The van der Waals surface area contributed by atoms with Crippen molar-refractivity contribution in [2.75, 3.05) is 13.2 Å². The minimum absolute atomic E-state index is 0.331. The molecular weight excluding hydrogens is 284 g/mol. The van der Waals surface area contributed by atoms with E-state index in [1.807, 2.05) is 0 Å². The van der Waals surface area contributed by atoms with E-state index < -0.39 is 0 Å². The van der Waals surface area contributed by atoms with Crippen molar-refractivity contribution in [2.24, 2.45) is 5.92 Å². The first kappa shape index (κ1) is 22.9. The highest BCUT2D eigenvalue weighted by molar-refractivity contribution is 4.59. The normalized spacial score (nSPS) is 12.7. The van der Waals surface area contributed by atoms with E-state index in [2.05, 4.69) is 6.92 Å². The van der Waals surface area contributed by atoms with Crippen LogP contribution in [0.2, 0.25) is 0 Å². The van der Waals surface area contributed by atoms with E-state index in [1.54, 1.807) is 0 Å². The lowest BCUT2D eigenvalue weighted by Gasteiger charge is -2.13. The minimum Gasteiger partial charge on any atom is -0.396 e. The molecule has 0 aliphatic carbocycles. The highest BCUT2D eigenvalue weighted by Gasteiger charge is 2.06. The van der Waals surface area contributed by atoms with Crippen LogP contribution in [0, 0.1) is 5.92 Å². The summed E-state index contributed by atoms with van der Waals surface area (Å²) < 4.78 is 0. The number of aliphatic hydroxyl groups is 2. The smallest absolute Gasteiger partial charge is 0.0459 e. The Morgan fingerprint density at radius 2 is 0.913 bits per heavy atom. The number of hydrogen-bond acceptors (Lipinski definition) is 2. The Bertz CT molecular complexity index is 206. The van der Waals surface area contributed by atoms with E-state index >= 15 is 0 Å². The molecule has 140 valence electrons. The Labute approximate surface area is 146 Å². The van der Waals surface area contributed by atoms with Crippen molar-refractivity contribution in [1.82, 2.24) is 0 Å². The molecule has 0 spiro atoms. The van der Waals surface area contributed by atoms with Crippen LogP contribution >= 0.6 is 0 Å². The van der Waals surface area contributed by atoms with Crippen molar-refractivity contribution >= 4 is 0 Å². The standard InChI is InChI=1S/C21H44O2/c1-2-3-4-5-6-7-8-9-11-14-17-21(20-23)18-15-12-10-13-16-19-22/h21-23H,2-20H2,1H3. The van der Waals surface area contributed by atoms with Gasteiger partial charge in [0.15, 0.2) is 0 Å². The predicted octanol–water partition coefficient (Wildman–Crippen LogP) is 6.24. The van der Waals surface area contributed by atoms with Crippen LogP contribution in [0.1, 0.15) is 116 Å². The van der Waals surface area contributed by atoms with Crippen molar-refractivity contribution in [2.45, 2.75) is 116 Å². The van der Waals surface area contributed by atoms with Crippen LogP contribution in [0.3, 0.4) is 0 Å². The SMILES string of the molecule is CCCCCCCCCCCCC(CO)CCCCCCCO. The second-order valence-electron chi connectivity index (χ2n) is 7.30. The molecule has 0 aliphatic heterocycles. The van der Waals surface area contributed by atoms with Gasteiger partial charge in [-0.05, 0) is 25.2 Å². The lowest BCUT2D eigenvalue weighted by molar-refractivity contribution is 0.204. The molecule has 0 rings (SSSR count). The molecule has 0 aromatic heterocycles. The Kier molecular flexibility index (Phi) is 19.9. The summed E-state index contributed by atoms with van der Waals surface area (Å²) in [6.45, 7) is 2.98. The third-order valence-electron chi connectivity index (χ3n) is 4.99. The van der Waals surface area contributed by atoms with E-state index in [1.165, 1.54) is 96.3 Å². The Morgan fingerprint density at radius 3 is 1.30 bits per heavy atom. The predicted molar refractivity (Wildman–Crippen MR) is 102 cm³/mol. The minimum atomic E-state index is 0.331. The Balaban J connectivity index is 3.26. The molecule has 23 heavy (non-hydrogen) atoms. The summed E-state index contributed by atoms with van der Waals surface area (Å²) >= 11 is 0. The summed E-state index contributed by atoms with van der Waals surface area (Å²) in [4.78, 5) is 0. The van der Waals surface area contributed by atoms with E-state index in [9.17, 15) is 5.11 Å². The number of aliphatic hydroxyl groups excluding tert-OH is 2. The third-order valence-corrected chi connectivity index (χ3v) is 4.99. The highest BCUT2D eigenvalue weighted by atomic mass is 16.3. The fourth-order valence-corrected chi connectivity index (χ4v) is 3.32. The largest absolute Gasteiger partial charge is 0.396 e. The maximum atomic E-state index is 9.48. The van der Waals surface area contributed by atoms with E-state index in [4.69, 9.17) is 5.11 Å². The van der Waals surface area contributed by atoms with Gasteiger partial charge in [-0.3, -0.25) is 0 Å². The molecule has 2 N–H and O–H groups in total. The summed E-state index contributed by atoms with van der Waals surface area (Å²) in [5.74, 6) is 0.530. The van der Waals surface area contributed by atoms with Gasteiger partial charge in [0.2, 0.25) is 0 Å². The second kappa shape index (κ2) is 20.0. The van der Waals surface area contributed by atoms with Crippen LogP contribution in [0.15, 0.2) is 0 Å². The molecule has 0 amide bonds. The van der Waals surface area contributed by atoms with Gasteiger partial charge < -0.3 is 10.2 Å². The van der Waals surface area contributed by atoms with Gasteiger partial charge >= 0.3 is 0 Å². The fraction of sp³-hybridized carbons (Fsp3) is 1.00. The number of rotatable bonds is 19. The molecule has 0 saturated heterocycles. The van der Waals surface area contributed by atoms with Crippen molar-refractivity contribution in [1.29, 1.82) is 0 Å². The molecule has 0 aromatic rings. The maximum Gasteiger partial charge on any atom is 0.0459 e. The summed E-state index contributed by atoms with van der Waals surface area (Å²) in [7, 11) is 0. The van der Waals surface area contributed by atoms with Gasteiger partial charge in [-0.25, -0.2) is 0 Å². The maximum absolute atomic E-state index is 9.48. The van der Waals surface area contributed by atoms with Gasteiger partial charge in [0.25, 0.3) is 0 Å². The average Bonchev–Trinajstić information content (AvgIpc) is 2.57. The van der Waals surface area contributed by atoms with E-state index in [0.717, 1.165) is 12.8 Å². The number of unbranched alkanes of at least 4 members (excludes halogenated alkanes) is 13. The average molecular weight is 329 g/mol. The molecule has 1 unspecified atom stereocenters. The molecule has 0 aliphatic rings. The van der Waals surface area contributed by atoms with Gasteiger partial charge in [0.1, 0.15) is 0 Å². The van der Waals surface area contributed by atoms with Gasteiger partial charge in [0, 0.05) is 13.2 Å². The van der Waals surface area contributed by atoms with Gasteiger partial charge in [0.05, 0.1) is 0 Å². The Hall–Kier alpha value is -0.0800. The zero-order valence-electron chi connectivity index (χ0n) is 15.9. The van der Waals surface area contributed by atoms with Crippen molar-refractivity contribution in [3.8, 4) is 0 Å². The van der Waals surface area contributed by atoms with E-state index in [-0.39, 0.29) is 0 Å². The fourth-order valence-electron chi connectivity index (χ4n) is 3.32. The molecule has 0 heterocycles. The molecule has 2 nitrogen and oxygen atoms in total. The van der Waals surface area contributed by atoms with Gasteiger partial charge in [-0.2, -0.15) is 0 Å². The molecular formula is C21H44O2. The zero-order chi connectivity index (χ0) is 17.0. The van der Waals surface area contributed by atoms with Crippen LogP contribution in [-0.4, -0.2) is 23.4 Å². The second-order valence-corrected chi connectivity index (χ2v) is 7.30. The highest BCUT2D eigenvalue weighted by Crippen LogP contribution is 2.18. The Morgan fingerprint density at radius 1 is 0.522 bits per heavy atom. The lowest BCUT2D eigenvalue weighted by Crippen LogP contribution is -2.06. The van der Waals surface area contributed by atoms with Gasteiger partial charge in [-0.1, -0.05) is 96.8 Å². The molecule has 0 radical (unpaired) electrons. The molecule has 1 atom stereocenters.